The SMILES string of the molecule is Cc1ccn(NCc2cnn(C)c2C)c(=O)c1CC(=O)N(C)c1ccc(N)nc1C. The maximum atomic E-state index is 13.0. The minimum atomic E-state index is -0.245. The lowest BCUT2D eigenvalue weighted by Gasteiger charge is -2.20. The van der Waals surface area contributed by atoms with E-state index in [0.29, 0.717) is 29.3 Å². The molecule has 0 saturated carbocycles. The maximum absolute atomic E-state index is 13.0. The lowest BCUT2D eigenvalue weighted by Crippen LogP contribution is -2.35. The highest BCUT2D eigenvalue weighted by Gasteiger charge is 2.18. The molecule has 0 aliphatic rings. The number of amides is 1. The summed E-state index contributed by atoms with van der Waals surface area (Å²) in [4.78, 5) is 31.6. The van der Waals surface area contributed by atoms with Crippen molar-refractivity contribution in [3.8, 4) is 0 Å². The summed E-state index contributed by atoms with van der Waals surface area (Å²) >= 11 is 0. The van der Waals surface area contributed by atoms with Crippen LogP contribution in [0.5, 0.6) is 0 Å². The van der Waals surface area contributed by atoms with Gasteiger partial charge in [-0.2, -0.15) is 5.10 Å². The van der Waals surface area contributed by atoms with Gasteiger partial charge in [-0.15, -0.1) is 0 Å². The quantitative estimate of drug-likeness (QED) is 0.637. The molecule has 3 rings (SSSR count). The van der Waals surface area contributed by atoms with Crippen molar-refractivity contribution in [3.05, 3.63) is 69.0 Å². The highest BCUT2D eigenvalue weighted by Crippen LogP contribution is 2.19. The Morgan fingerprint density at radius 2 is 1.97 bits per heavy atom. The molecule has 3 N–H and O–H groups in total. The number of nitrogen functional groups attached to an aromatic ring is 1. The Labute approximate surface area is 175 Å². The minimum absolute atomic E-state index is 0.0145. The van der Waals surface area contributed by atoms with Crippen molar-refractivity contribution in [3.63, 3.8) is 0 Å². The first-order valence-corrected chi connectivity index (χ1v) is 9.61. The Balaban J connectivity index is 1.80. The molecule has 0 bridgehead atoms. The smallest absolute Gasteiger partial charge is 0.272 e. The van der Waals surface area contributed by atoms with E-state index in [2.05, 4.69) is 15.5 Å². The number of rotatable bonds is 6. The molecule has 0 aliphatic heterocycles. The van der Waals surface area contributed by atoms with Crippen molar-refractivity contribution in [2.45, 2.75) is 33.7 Å². The number of nitrogens with zero attached hydrogens (tertiary/aromatic N) is 5. The third-order valence-electron chi connectivity index (χ3n) is 5.35. The van der Waals surface area contributed by atoms with Crippen LogP contribution in [0.3, 0.4) is 0 Å². The third-order valence-corrected chi connectivity index (χ3v) is 5.35. The molecule has 9 nitrogen and oxygen atoms in total. The second kappa shape index (κ2) is 8.40. The standard InChI is InChI=1S/C21H27N7O2/c1-13-8-9-28(24-12-16-11-23-27(5)15(16)3)21(30)17(13)10-20(29)26(4)18-6-7-19(22)25-14(18)2/h6-9,11,24H,10,12H2,1-5H3,(H2,22,25). The second-order valence-corrected chi connectivity index (χ2v) is 7.34. The van der Waals surface area contributed by atoms with Crippen LogP contribution in [0.1, 0.15) is 28.1 Å². The van der Waals surface area contributed by atoms with Crippen molar-refractivity contribution in [2.24, 2.45) is 7.05 Å². The molecule has 30 heavy (non-hydrogen) atoms. The Bertz CT molecular complexity index is 1150. The van der Waals surface area contributed by atoms with Crippen molar-refractivity contribution in [1.82, 2.24) is 19.4 Å². The normalized spacial score (nSPS) is 10.8. The Morgan fingerprint density at radius 1 is 1.23 bits per heavy atom. The second-order valence-electron chi connectivity index (χ2n) is 7.34. The van der Waals surface area contributed by atoms with E-state index in [4.69, 9.17) is 5.73 Å². The molecule has 0 atom stereocenters. The summed E-state index contributed by atoms with van der Waals surface area (Å²) in [6.45, 7) is 6.04. The molecule has 3 aromatic rings. The molecule has 3 aromatic heterocycles. The number of nitrogens with one attached hydrogen (secondary N) is 1. The third kappa shape index (κ3) is 4.19. The minimum Gasteiger partial charge on any atom is -0.384 e. The Kier molecular flexibility index (Phi) is 5.91. The molecule has 0 aliphatic carbocycles. The summed E-state index contributed by atoms with van der Waals surface area (Å²) < 4.78 is 3.20. The molecular weight excluding hydrogens is 382 g/mol. The number of carbonyl (C=O) groups excluding carboxylic acids is 1. The van der Waals surface area contributed by atoms with Gasteiger partial charge in [0.05, 0.1) is 30.5 Å². The molecule has 0 aromatic carbocycles. The highest BCUT2D eigenvalue weighted by molar-refractivity contribution is 5.94. The van der Waals surface area contributed by atoms with E-state index < -0.39 is 0 Å². The van der Waals surface area contributed by atoms with Crippen molar-refractivity contribution in [1.29, 1.82) is 0 Å². The summed E-state index contributed by atoms with van der Waals surface area (Å²) in [5.41, 5.74) is 13.1. The van der Waals surface area contributed by atoms with Gasteiger partial charge in [-0.25, -0.2) is 9.66 Å². The summed E-state index contributed by atoms with van der Waals surface area (Å²) in [5, 5.41) is 4.21. The van der Waals surface area contributed by atoms with Gasteiger partial charge in [0, 0.05) is 37.1 Å². The monoisotopic (exact) mass is 409 g/mol. The molecule has 0 spiro atoms. The van der Waals surface area contributed by atoms with Gasteiger partial charge in [0.15, 0.2) is 0 Å². The molecule has 158 valence electrons. The van der Waals surface area contributed by atoms with E-state index in [1.165, 1.54) is 9.58 Å². The number of hydrogen-bond donors (Lipinski definition) is 2. The van der Waals surface area contributed by atoms with Crippen LogP contribution >= 0.6 is 0 Å². The van der Waals surface area contributed by atoms with Crippen LogP contribution in [0.15, 0.2) is 35.4 Å². The number of anilines is 2. The van der Waals surface area contributed by atoms with Gasteiger partial charge < -0.3 is 16.1 Å². The summed E-state index contributed by atoms with van der Waals surface area (Å²) in [6.07, 6.45) is 3.43. The van der Waals surface area contributed by atoms with Gasteiger partial charge in [-0.05, 0) is 44.5 Å². The number of pyridine rings is 2. The topological polar surface area (TPSA) is 111 Å². The highest BCUT2D eigenvalue weighted by atomic mass is 16.2. The molecule has 0 saturated heterocycles. The van der Waals surface area contributed by atoms with Crippen LogP contribution in [0.25, 0.3) is 0 Å². The summed E-state index contributed by atoms with van der Waals surface area (Å²) in [7, 11) is 3.54. The predicted octanol–water partition coefficient (Wildman–Crippen LogP) is 1.43. The maximum Gasteiger partial charge on any atom is 0.272 e. The van der Waals surface area contributed by atoms with Gasteiger partial charge in [-0.3, -0.25) is 14.3 Å². The van der Waals surface area contributed by atoms with Crippen LogP contribution in [0.2, 0.25) is 0 Å². The lowest BCUT2D eigenvalue weighted by atomic mass is 10.1. The van der Waals surface area contributed by atoms with Gasteiger partial charge in [0.2, 0.25) is 5.91 Å². The number of likely N-dealkylation sites (N-methyl/N-ethyl adjacent to an activating group) is 1. The van der Waals surface area contributed by atoms with Crippen molar-refractivity contribution >= 4 is 17.4 Å². The van der Waals surface area contributed by atoms with E-state index in [-0.39, 0.29) is 17.9 Å². The van der Waals surface area contributed by atoms with Crippen LogP contribution in [-0.4, -0.2) is 32.4 Å². The van der Waals surface area contributed by atoms with Gasteiger partial charge in [0.25, 0.3) is 5.56 Å². The zero-order valence-electron chi connectivity index (χ0n) is 17.9. The molecule has 3 heterocycles. The predicted molar refractivity (Wildman–Crippen MR) is 117 cm³/mol. The molecular formula is C21H27N7O2. The van der Waals surface area contributed by atoms with E-state index in [9.17, 15) is 9.59 Å². The zero-order valence-corrected chi connectivity index (χ0v) is 17.9. The van der Waals surface area contributed by atoms with Gasteiger partial charge >= 0.3 is 0 Å². The number of nitrogens with two attached hydrogens (primary N) is 1. The molecule has 0 fully saturated rings. The largest absolute Gasteiger partial charge is 0.384 e. The fourth-order valence-electron chi connectivity index (χ4n) is 3.23. The molecule has 0 unspecified atom stereocenters. The van der Waals surface area contributed by atoms with E-state index in [0.717, 1.165) is 16.8 Å². The van der Waals surface area contributed by atoms with E-state index >= 15 is 0 Å². The van der Waals surface area contributed by atoms with Gasteiger partial charge in [0.1, 0.15) is 5.82 Å². The molecule has 9 heteroatoms. The zero-order chi connectivity index (χ0) is 22.0. The first kappa shape index (κ1) is 21.1. The number of aryl methyl sites for hydroxylation is 3. The average molecular weight is 409 g/mol. The number of hydrogen-bond acceptors (Lipinski definition) is 6. The fourth-order valence-corrected chi connectivity index (χ4v) is 3.23. The average Bonchev–Trinajstić information content (AvgIpc) is 3.02. The molecule has 1 amide bonds. The van der Waals surface area contributed by atoms with Crippen LogP contribution in [0, 0.1) is 20.8 Å². The Hall–Kier alpha value is -3.62. The summed E-state index contributed by atoms with van der Waals surface area (Å²) in [6, 6.07) is 5.23. The van der Waals surface area contributed by atoms with Crippen LogP contribution < -0.4 is 21.6 Å². The van der Waals surface area contributed by atoms with Crippen LogP contribution in [0.4, 0.5) is 11.5 Å². The summed E-state index contributed by atoms with van der Waals surface area (Å²) in [5.74, 6) is 0.194. The van der Waals surface area contributed by atoms with E-state index in [1.807, 2.05) is 27.0 Å². The van der Waals surface area contributed by atoms with Crippen molar-refractivity contribution < 1.29 is 4.79 Å². The first-order valence-electron chi connectivity index (χ1n) is 9.61. The fraction of sp³-hybridized carbons (Fsp3) is 0.333. The lowest BCUT2D eigenvalue weighted by molar-refractivity contribution is -0.117. The van der Waals surface area contributed by atoms with Crippen LogP contribution in [-0.2, 0) is 24.8 Å². The van der Waals surface area contributed by atoms with E-state index in [1.54, 1.807) is 43.2 Å². The first-order chi connectivity index (χ1) is 14.2. The van der Waals surface area contributed by atoms with Gasteiger partial charge in [-0.1, -0.05) is 0 Å². The molecule has 0 radical (unpaired) electrons. The Morgan fingerprint density at radius 3 is 2.60 bits per heavy atom. The van der Waals surface area contributed by atoms with Crippen molar-refractivity contribution in [2.75, 3.05) is 23.1 Å². The number of carbonyl (C=O) groups is 1. The number of aromatic nitrogens is 4.